The number of nitrogens with two attached hydrogens (primary N) is 1. The maximum Gasteiger partial charge on any atom is 0.119 e. The van der Waals surface area contributed by atoms with E-state index in [1.165, 1.54) is 11.1 Å². The van der Waals surface area contributed by atoms with Crippen molar-refractivity contribution in [2.24, 2.45) is 0 Å². The predicted octanol–water partition coefficient (Wildman–Crippen LogP) is 3.97. The van der Waals surface area contributed by atoms with E-state index in [0.29, 0.717) is 12.5 Å². The minimum atomic E-state index is 0.567. The summed E-state index contributed by atoms with van der Waals surface area (Å²) in [6.07, 6.45) is 0. The van der Waals surface area contributed by atoms with Crippen LogP contribution in [0, 0.1) is 0 Å². The topological polar surface area (TPSA) is 35.2 Å². The molecule has 0 aliphatic rings. The van der Waals surface area contributed by atoms with Gasteiger partial charge in [-0.3, -0.25) is 0 Å². The van der Waals surface area contributed by atoms with Crippen LogP contribution in [0.2, 0.25) is 0 Å². The van der Waals surface area contributed by atoms with E-state index >= 15 is 0 Å². The first-order valence-corrected chi connectivity index (χ1v) is 6.22. The van der Waals surface area contributed by atoms with Crippen molar-refractivity contribution in [2.45, 2.75) is 26.4 Å². The Morgan fingerprint density at radius 2 is 1.56 bits per heavy atom. The highest BCUT2D eigenvalue weighted by molar-refractivity contribution is 5.41. The van der Waals surface area contributed by atoms with Crippen LogP contribution in [-0.2, 0) is 6.61 Å². The van der Waals surface area contributed by atoms with Gasteiger partial charge in [-0.1, -0.05) is 38.1 Å². The molecule has 2 rings (SSSR count). The zero-order valence-electron chi connectivity index (χ0n) is 10.9. The summed E-state index contributed by atoms with van der Waals surface area (Å²) >= 11 is 0. The third-order valence-electron chi connectivity index (χ3n) is 2.93. The lowest BCUT2D eigenvalue weighted by Gasteiger charge is -2.09. The van der Waals surface area contributed by atoms with Crippen LogP contribution in [0.1, 0.15) is 30.9 Å². The number of nitrogen functional groups attached to an aromatic ring is 1. The molecule has 2 heteroatoms. The fourth-order valence-corrected chi connectivity index (χ4v) is 1.73. The van der Waals surface area contributed by atoms with Crippen LogP contribution in [0.3, 0.4) is 0 Å². The molecule has 0 saturated carbocycles. The molecule has 0 heterocycles. The van der Waals surface area contributed by atoms with E-state index in [1.54, 1.807) is 0 Å². The first-order valence-electron chi connectivity index (χ1n) is 6.22. The summed E-state index contributed by atoms with van der Waals surface area (Å²) in [5.74, 6) is 1.41. The van der Waals surface area contributed by atoms with Crippen LogP contribution in [-0.4, -0.2) is 0 Å². The summed E-state index contributed by atoms with van der Waals surface area (Å²) in [5, 5.41) is 0. The highest BCUT2D eigenvalue weighted by Gasteiger charge is 2.00. The van der Waals surface area contributed by atoms with Gasteiger partial charge in [0.2, 0.25) is 0 Å². The molecule has 2 aromatic carbocycles. The van der Waals surface area contributed by atoms with E-state index in [0.717, 1.165) is 11.4 Å². The third kappa shape index (κ3) is 3.27. The molecule has 2 N–H and O–H groups in total. The van der Waals surface area contributed by atoms with Gasteiger partial charge in [0, 0.05) is 5.69 Å². The Bertz CT molecular complexity index is 486. The second-order valence-electron chi connectivity index (χ2n) is 4.75. The summed E-state index contributed by atoms with van der Waals surface area (Å²) in [6.45, 7) is 4.97. The lowest BCUT2D eigenvalue weighted by atomic mass is 10.0. The highest BCUT2D eigenvalue weighted by atomic mass is 16.5. The van der Waals surface area contributed by atoms with E-state index < -0.39 is 0 Å². The molecular weight excluding hydrogens is 222 g/mol. The molecule has 94 valence electrons. The molecule has 0 amide bonds. The maximum atomic E-state index is 5.69. The zero-order chi connectivity index (χ0) is 13.0. The monoisotopic (exact) mass is 241 g/mol. The molecule has 0 saturated heterocycles. The van der Waals surface area contributed by atoms with Gasteiger partial charge in [-0.15, -0.1) is 0 Å². The normalized spacial score (nSPS) is 10.6. The number of hydrogen-bond donors (Lipinski definition) is 1. The lowest BCUT2D eigenvalue weighted by molar-refractivity contribution is 0.306. The first kappa shape index (κ1) is 12.5. The van der Waals surface area contributed by atoms with Crippen molar-refractivity contribution in [3.8, 4) is 5.75 Å². The molecule has 0 unspecified atom stereocenters. The second kappa shape index (κ2) is 5.58. The maximum absolute atomic E-state index is 5.69. The van der Waals surface area contributed by atoms with Gasteiger partial charge in [0.25, 0.3) is 0 Å². The first-order chi connectivity index (χ1) is 8.65. The van der Waals surface area contributed by atoms with Crippen LogP contribution in [0.4, 0.5) is 5.69 Å². The molecule has 0 fully saturated rings. The van der Waals surface area contributed by atoms with Crippen LogP contribution in [0.5, 0.6) is 5.75 Å². The second-order valence-corrected chi connectivity index (χ2v) is 4.75. The van der Waals surface area contributed by atoms with Gasteiger partial charge in [-0.2, -0.15) is 0 Å². The largest absolute Gasteiger partial charge is 0.489 e. The molecule has 0 bridgehead atoms. The minimum Gasteiger partial charge on any atom is -0.489 e. The Kier molecular flexibility index (Phi) is 3.88. The Hall–Kier alpha value is -1.96. The lowest BCUT2D eigenvalue weighted by Crippen LogP contribution is -1.96. The van der Waals surface area contributed by atoms with Crippen LogP contribution < -0.4 is 10.5 Å². The SMILES string of the molecule is CC(C)c1ccc(COc2ccc(N)cc2)cc1. The number of ether oxygens (including phenoxy) is 1. The average molecular weight is 241 g/mol. The van der Waals surface area contributed by atoms with E-state index in [-0.39, 0.29) is 0 Å². The van der Waals surface area contributed by atoms with Crippen LogP contribution >= 0.6 is 0 Å². The fourth-order valence-electron chi connectivity index (χ4n) is 1.73. The summed E-state index contributed by atoms with van der Waals surface area (Å²) in [5.41, 5.74) is 8.91. The Morgan fingerprint density at radius 3 is 2.11 bits per heavy atom. The highest BCUT2D eigenvalue weighted by Crippen LogP contribution is 2.17. The molecule has 0 spiro atoms. The van der Waals surface area contributed by atoms with Crippen molar-refractivity contribution < 1.29 is 4.74 Å². The standard InChI is InChI=1S/C16H19NO/c1-12(2)14-5-3-13(4-6-14)11-18-16-9-7-15(17)8-10-16/h3-10,12H,11,17H2,1-2H3. The molecule has 0 aliphatic carbocycles. The average Bonchev–Trinajstić information content (AvgIpc) is 2.38. The predicted molar refractivity (Wildman–Crippen MR) is 75.7 cm³/mol. The quantitative estimate of drug-likeness (QED) is 0.822. The molecule has 2 nitrogen and oxygen atoms in total. The summed E-state index contributed by atoms with van der Waals surface area (Å²) in [4.78, 5) is 0. The number of anilines is 1. The van der Waals surface area contributed by atoms with Gasteiger partial charge in [-0.05, 0) is 41.3 Å². The van der Waals surface area contributed by atoms with Crippen molar-refractivity contribution >= 4 is 5.69 Å². The summed E-state index contributed by atoms with van der Waals surface area (Å²) in [6, 6.07) is 16.0. The summed E-state index contributed by atoms with van der Waals surface area (Å²) in [7, 11) is 0. The van der Waals surface area contributed by atoms with E-state index in [4.69, 9.17) is 10.5 Å². The molecule has 0 radical (unpaired) electrons. The van der Waals surface area contributed by atoms with E-state index in [9.17, 15) is 0 Å². The molecule has 0 aromatic heterocycles. The summed E-state index contributed by atoms with van der Waals surface area (Å²) < 4.78 is 5.69. The molecule has 18 heavy (non-hydrogen) atoms. The number of rotatable bonds is 4. The third-order valence-corrected chi connectivity index (χ3v) is 2.93. The van der Waals surface area contributed by atoms with E-state index in [1.807, 2.05) is 24.3 Å². The zero-order valence-corrected chi connectivity index (χ0v) is 10.9. The molecule has 0 atom stereocenters. The van der Waals surface area contributed by atoms with Crippen LogP contribution in [0.15, 0.2) is 48.5 Å². The van der Waals surface area contributed by atoms with Gasteiger partial charge < -0.3 is 10.5 Å². The number of benzene rings is 2. The molecular formula is C16H19NO. The fraction of sp³-hybridized carbons (Fsp3) is 0.250. The molecule has 2 aromatic rings. The van der Waals surface area contributed by atoms with Crippen molar-refractivity contribution in [3.63, 3.8) is 0 Å². The van der Waals surface area contributed by atoms with E-state index in [2.05, 4.69) is 38.1 Å². The van der Waals surface area contributed by atoms with Gasteiger partial charge >= 0.3 is 0 Å². The Balaban J connectivity index is 1.95. The molecule has 0 aliphatic heterocycles. The van der Waals surface area contributed by atoms with Crippen LogP contribution in [0.25, 0.3) is 0 Å². The van der Waals surface area contributed by atoms with Crippen molar-refractivity contribution in [2.75, 3.05) is 5.73 Å². The van der Waals surface area contributed by atoms with Crippen molar-refractivity contribution in [1.82, 2.24) is 0 Å². The Morgan fingerprint density at radius 1 is 0.944 bits per heavy atom. The van der Waals surface area contributed by atoms with Gasteiger partial charge in [0.15, 0.2) is 0 Å². The van der Waals surface area contributed by atoms with Crippen molar-refractivity contribution in [1.29, 1.82) is 0 Å². The van der Waals surface area contributed by atoms with Gasteiger partial charge in [0.1, 0.15) is 12.4 Å². The van der Waals surface area contributed by atoms with Crippen molar-refractivity contribution in [3.05, 3.63) is 59.7 Å². The van der Waals surface area contributed by atoms with Gasteiger partial charge in [-0.25, -0.2) is 0 Å². The Labute approximate surface area is 108 Å². The minimum absolute atomic E-state index is 0.567. The van der Waals surface area contributed by atoms with Gasteiger partial charge in [0.05, 0.1) is 0 Å². The number of hydrogen-bond acceptors (Lipinski definition) is 2. The smallest absolute Gasteiger partial charge is 0.119 e.